The van der Waals surface area contributed by atoms with Gasteiger partial charge in [-0.15, -0.1) is 0 Å². The minimum absolute atomic E-state index is 0.653. The van der Waals surface area contributed by atoms with Crippen LogP contribution in [0.5, 0.6) is 0 Å². The van der Waals surface area contributed by atoms with Crippen LogP contribution in [0.2, 0.25) is 5.02 Å². The fraction of sp³-hybridized carbons (Fsp3) is 0.500. The van der Waals surface area contributed by atoms with Crippen LogP contribution in [-0.2, 0) is 0 Å². The van der Waals surface area contributed by atoms with E-state index in [0.717, 1.165) is 22.7 Å². The highest BCUT2D eigenvalue weighted by Crippen LogP contribution is 2.33. The highest BCUT2D eigenvalue weighted by Gasteiger charge is 2.30. The van der Waals surface area contributed by atoms with E-state index in [1.807, 2.05) is 12.1 Å². The molecule has 0 amide bonds. The fourth-order valence-electron chi connectivity index (χ4n) is 1.53. The molecule has 0 aromatic carbocycles. The van der Waals surface area contributed by atoms with Crippen molar-refractivity contribution >= 4 is 33.3 Å². The molecule has 1 heterocycles. The maximum atomic E-state index is 6.11. The molecule has 0 aliphatic heterocycles. The summed E-state index contributed by atoms with van der Waals surface area (Å²) >= 11 is 9.56. The Hall–Kier alpha value is -0.280. The second-order valence-electron chi connectivity index (χ2n) is 3.42. The summed E-state index contributed by atoms with van der Waals surface area (Å²) < 4.78 is 0. The van der Waals surface area contributed by atoms with Crippen LogP contribution in [0.4, 0.5) is 5.82 Å². The Morgan fingerprint density at radius 1 is 1.57 bits per heavy atom. The van der Waals surface area contributed by atoms with E-state index in [1.54, 1.807) is 6.20 Å². The summed E-state index contributed by atoms with van der Waals surface area (Å²) in [6.45, 7) is 0.974. The molecule has 0 N–H and O–H groups in total. The SMILES string of the molecule is Clc1cccnc1N(CCBr)C1CC1. The lowest BCUT2D eigenvalue weighted by Crippen LogP contribution is -2.28. The third kappa shape index (κ3) is 2.20. The van der Waals surface area contributed by atoms with Crippen molar-refractivity contribution in [2.24, 2.45) is 0 Å². The molecular weight excluding hydrogens is 263 g/mol. The van der Waals surface area contributed by atoms with Crippen LogP contribution in [-0.4, -0.2) is 22.9 Å². The first-order valence-electron chi connectivity index (χ1n) is 4.76. The molecule has 0 unspecified atom stereocenters. The summed E-state index contributed by atoms with van der Waals surface area (Å²) in [5.41, 5.74) is 0. The Morgan fingerprint density at radius 3 is 2.93 bits per heavy atom. The molecule has 1 fully saturated rings. The molecular formula is C10H12BrClN2. The minimum atomic E-state index is 0.653. The number of aromatic nitrogens is 1. The van der Waals surface area contributed by atoms with Crippen LogP contribution >= 0.6 is 27.5 Å². The smallest absolute Gasteiger partial charge is 0.147 e. The molecule has 2 rings (SSSR count). The molecule has 1 aromatic heterocycles. The van der Waals surface area contributed by atoms with E-state index in [1.165, 1.54) is 12.8 Å². The van der Waals surface area contributed by atoms with Gasteiger partial charge in [-0.1, -0.05) is 27.5 Å². The van der Waals surface area contributed by atoms with Crippen molar-refractivity contribution in [2.45, 2.75) is 18.9 Å². The first-order valence-corrected chi connectivity index (χ1v) is 6.26. The van der Waals surface area contributed by atoms with E-state index in [0.29, 0.717) is 6.04 Å². The lowest BCUT2D eigenvalue weighted by Gasteiger charge is -2.23. The Morgan fingerprint density at radius 2 is 2.36 bits per heavy atom. The summed E-state index contributed by atoms with van der Waals surface area (Å²) in [5.74, 6) is 0.927. The van der Waals surface area contributed by atoms with Gasteiger partial charge in [-0.3, -0.25) is 0 Å². The maximum absolute atomic E-state index is 6.11. The van der Waals surface area contributed by atoms with Gasteiger partial charge < -0.3 is 4.90 Å². The second kappa shape index (κ2) is 4.49. The summed E-state index contributed by atoms with van der Waals surface area (Å²) in [6.07, 6.45) is 4.32. The topological polar surface area (TPSA) is 16.1 Å². The number of hydrogen-bond donors (Lipinski definition) is 0. The van der Waals surface area contributed by atoms with Crippen LogP contribution in [0.3, 0.4) is 0 Å². The molecule has 4 heteroatoms. The average molecular weight is 276 g/mol. The molecule has 14 heavy (non-hydrogen) atoms. The van der Waals surface area contributed by atoms with E-state index >= 15 is 0 Å². The molecule has 1 aliphatic rings. The van der Waals surface area contributed by atoms with Crippen molar-refractivity contribution in [1.29, 1.82) is 0 Å². The number of anilines is 1. The Kier molecular flexibility index (Phi) is 3.29. The highest BCUT2D eigenvalue weighted by molar-refractivity contribution is 9.09. The molecule has 0 saturated heterocycles. The number of halogens is 2. The minimum Gasteiger partial charge on any atom is -0.352 e. The standard InChI is InChI=1S/C10H12BrClN2/c11-5-7-14(8-3-4-8)10-9(12)2-1-6-13-10/h1-2,6,8H,3-5,7H2. The van der Waals surface area contributed by atoms with Gasteiger partial charge in [-0.2, -0.15) is 0 Å². The molecule has 1 aliphatic carbocycles. The number of hydrogen-bond acceptors (Lipinski definition) is 2. The quantitative estimate of drug-likeness (QED) is 0.785. The molecule has 0 bridgehead atoms. The van der Waals surface area contributed by atoms with Crippen LogP contribution in [0.25, 0.3) is 0 Å². The van der Waals surface area contributed by atoms with Crippen LogP contribution in [0.1, 0.15) is 12.8 Å². The van der Waals surface area contributed by atoms with Gasteiger partial charge in [0.1, 0.15) is 5.82 Å². The average Bonchev–Trinajstić information content (AvgIpc) is 2.99. The lowest BCUT2D eigenvalue weighted by atomic mass is 10.4. The van der Waals surface area contributed by atoms with E-state index in [4.69, 9.17) is 11.6 Å². The third-order valence-corrected chi connectivity index (χ3v) is 2.97. The van der Waals surface area contributed by atoms with Crippen molar-refractivity contribution in [1.82, 2.24) is 4.98 Å². The van der Waals surface area contributed by atoms with Crippen LogP contribution in [0.15, 0.2) is 18.3 Å². The van der Waals surface area contributed by atoms with Crippen LogP contribution < -0.4 is 4.90 Å². The van der Waals surface area contributed by atoms with Crippen LogP contribution in [0, 0.1) is 0 Å². The molecule has 0 atom stereocenters. The van der Waals surface area contributed by atoms with E-state index < -0.39 is 0 Å². The number of rotatable bonds is 4. The summed E-state index contributed by atoms with van der Waals surface area (Å²) in [5, 5.41) is 1.71. The number of alkyl halides is 1. The fourth-order valence-corrected chi connectivity index (χ4v) is 2.14. The Labute approximate surface area is 97.4 Å². The molecule has 1 aromatic rings. The van der Waals surface area contributed by atoms with E-state index in [-0.39, 0.29) is 0 Å². The van der Waals surface area contributed by atoms with Crippen molar-refractivity contribution < 1.29 is 0 Å². The van der Waals surface area contributed by atoms with E-state index in [2.05, 4.69) is 25.8 Å². The van der Waals surface area contributed by atoms with Crippen molar-refractivity contribution in [3.63, 3.8) is 0 Å². The van der Waals surface area contributed by atoms with Gasteiger partial charge in [-0.25, -0.2) is 4.98 Å². The Balaban J connectivity index is 2.21. The zero-order valence-corrected chi connectivity index (χ0v) is 10.1. The van der Waals surface area contributed by atoms with Gasteiger partial charge in [0.05, 0.1) is 5.02 Å². The normalized spacial score (nSPS) is 15.6. The monoisotopic (exact) mass is 274 g/mol. The van der Waals surface area contributed by atoms with Gasteiger partial charge in [0.25, 0.3) is 0 Å². The molecule has 0 radical (unpaired) electrons. The largest absolute Gasteiger partial charge is 0.352 e. The zero-order valence-electron chi connectivity index (χ0n) is 7.79. The van der Waals surface area contributed by atoms with Crippen molar-refractivity contribution in [3.8, 4) is 0 Å². The zero-order chi connectivity index (χ0) is 9.97. The summed E-state index contributed by atoms with van der Waals surface area (Å²) in [7, 11) is 0. The number of nitrogens with zero attached hydrogens (tertiary/aromatic N) is 2. The summed E-state index contributed by atoms with van der Waals surface area (Å²) in [4.78, 5) is 6.62. The van der Waals surface area contributed by atoms with Crippen molar-refractivity contribution in [3.05, 3.63) is 23.4 Å². The predicted octanol–water partition coefficient (Wildman–Crippen LogP) is 3.10. The van der Waals surface area contributed by atoms with E-state index in [9.17, 15) is 0 Å². The second-order valence-corrected chi connectivity index (χ2v) is 4.62. The first-order chi connectivity index (χ1) is 6.83. The maximum Gasteiger partial charge on any atom is 0.147 e. The van der Waals surface area contributed by atoms with Gasteiger partial charge in [0, 0.05) is 24.1 Å². The third-order valence-electron chi connectivity index (χ3n) is 2.32. The molecule has 76 valence electrons. The molecule has 1 saturated carbocycles. The van der Waals surface area contributed by atoms with Crippen molar-refractivity contribution in [2.75, 3.05) is 16.8 Å². The van der Waals surface area contributed by atoms with Gasteiger partial charge in [0.15, 0.2) is 0 Å². The summed E-state index contributed by atoms with van der Waals surface area (Å²) in [6, 6.07) is 4.42. The first kappa shape index (κ1) is 10.2. The lowest BCUT2D eigenvalue weighted by molar-refractivity contribution is 0.816. The van der Waals surface area contributed by atoms with Gasteiger partial charge >= 0.3 is 0 Å². The van der Waals surface area contributed by atoms with Gasteiger partial charge in [0.2, 0.25) is 0 Å². The number of pyridine rings is 1. The highest BCUT2D eigenvalue weighted by atomic mass is 79.9. The predicted molar refractivity (Wildman–Crippen MR) is 63.4 cm³/mol. The molecule has 0 spiro atoms. The Bertz CT molecular complexity index is 315. The van der Waals surface area contributed by atoms with Gasteiger partial charge in [-0.05, 0) is 25.0 Å². The molecule has 2 nitrogen and oxygen atoms in total.